The first-order valence-electron chi connectivity index (χ1n) is 13.6. The monoisotopic (exact) mass is 511 g/mol. The van der Waals surface area contributed by atoms with Crippen LogP contribution in [0.2, 0.25) is 0 Å². The van der Waals surface area contributed by atoms with E-state index in [2.05, 4.69) is 150 Å². The van der Waals surface area contributed by atoms with Crippen LogP contribution in [-0.2, 0) is 0 Å². The maximum atomic E-state index is 6.95. The van der Waals surface area contributed by atoms with E-state index in [9.17, 15) is 0 Å². The molecule has 0 fully saturated rings. The summed E-state index contributed by atoms with van der Waals surface area (Å²) in [5, 5.41) is 4.69. The molecule has 6 aromatic carbocycles. The van der Waals surface area contributed by atoms with Crippen molar-refractivity contribution in [2.24, 2.45) is 0 Å². The molecule has 2 heterocycles. The molecule has 0 amide bonds. The van der Waals surface area contributed by atoms with Crippen molar-refractivity contribution in [2.75, 3.05) is 0 Å². The summed E-state index contributed by atoms with van der Waals surface area (Å²) in [5.41, 5.74) is 7.89. The largest absolute Gasteiger partial charge is 0.455 e. The molecule has 0 unspecified atom stereocenters. The van der Waals surface area contributed by atoms with Gasteiger partial charge in [-0.2, -0.15) is 0 Å². The van der Waals surface area contributed by atoms with Crippen LogP contribution in [0.3, 0.4) is 0 Å². The van der Waals surface area contributed by atoms with E-state index in [-0.39, 0.29) is 0 Å². The van der Waals surface area contributed by atoms with Crippen LogP contribution in [-0.4, -0.2) is 4.57 Å². The van der Waals surface area contributed by atoms with Gasteiger partial charge in [-0.25, -0.2) is 0 Å². The predicted molar refractivity (Wildman–Crippen MR) is 167 cm³/mol. The lowest BCUT2D eigenvalue weighted by Crippen LogP contribution is -1.99. The number of nitrogens with zero attached hydrogens (tertiary/aromatic N) is 1. The summed E-state index contributed by atoms with van der Waals surface area (Å²) in [6.45, 7) is 0. The van der Waals surface area contributed by atoms with Crippen LogP contribution < -0.4 is 0 Å². The van der Waals surface area contributed by atoms with Gasteiger partial charge >= 0.3 is 0 Å². The highest BCUT2D eigenvalue weighted by atomic mass is 16.3. The highest BCUT2D eigenvalue weighted by Gasteiger charge is 2.24. The van der Waals surface area contributed by atoms with Crippen molar-refractivity contribution >= 4 is 32.6 Å². The molecule has 0 spiro atoms. The van der Waals surface area contributed by atoms with Crippen molar-refractivity contribution in [3.63, 3.8) is 0 Å². The number of para-hydroxylation sites is 2. The molecule has 0 aliphatic rings. The van der Waals surface area contributed by atoms with E-state index in [1.54, 1.807) is 0 Å². The number of hydrogen-bond acceptors (Lipinski definition) is 1. The van der Waals surface area contributed by atoms with E-state index in [1.165, 1.54) is 21.8 Å². The minimum Gasteiger partial charge on any atom is -0.455 e. The molecule has 2 heteroatoms. The molecule has 8 aromatic rings. The SMILES string of the molecule is c1ccc(-c2cccc(-n3c4ccccc4c4ccccc43)c2-c2oc(-c3ccccc3)c3ccccc23)cc1. The van der Waals surface area contributed by atoms with E-state index >= 15 is 0 Å². The van der Waals surface area contributed by atoms with Gasteiger partial charge in [0.05, 0.1) is 16.7 Å². The van der Waals surface area contributed by atoms with E-state index in [0.717, 1.165) is 50.2 Å². The highest BCUT2D eigenvalue weighted by molar-refractivity contribution is 6.11. The quantitative estimate of drug-likeness (QED) is 0.230. The second-order valence-electron chi connectivity index (χ2n) is 10.1. The maximum Gasteiger partial charge on any atom is 0.145 e. The Morgan fingerprint density at radius 1 is 0.375 bits per heavy atom. The molecule has 8 rings (SSSR count). The molecule has 2 nitrogen and oxygen atoms in total. The van der Waals surface area contributed by atoms with E-state index in [1.807, 2.05) is 6.07 Å². The fraction of sp³-hybridized carbons (Fsp3) is 0. The smallest absolute Gasteiger partial charge is 0.145 e. The van der Waals surface area contributed by atoms with Gasteiger partial charge < -0.3 is 8.98 Å². The Bertz CT molecular complexity index is 2100. The molecule has 0 N–H and O–H groups in total. The minimum atomic E-state index is 0.880. The van der Waals surface area contributed by atoms with Crippen LogP contribution in [0.15, 0.2) is 156 Å². The first kappa shape index (κ1) is 22.6. The molecule has 0 saturated heterocycles. The molecule has 2 aromatic heterocycles. The molecular weight excluding hydrogens is 486 g/mol. The lowest BCUT2D eigenvalue weighted by Gasteiger charge is -2.17. The number of benzene rings is 6. The van der Waals surface area contributed by atoms with Crippen molar-refractivity contribution < 1.29 is 4.42 Å². The van der Waals surface area contributed by atoms with Gasteiger partial charge in [0.15, 0.2) is 0 Å². The Balaban J connectivity index is 1.53. The average Bonchev–Trinajstić information content (AvgIpc) is 3.58. The van der Waals surface area contributed by atoms with Gasteiger partial charge in [-0.3, -0.25) is 0 Å². The van der Waals surface area contributed by atoms with Gasteiger partial charge in [0.1, 0.15) is 11.5 Å². The fourth-order valence-corrected chi connectivity index (χ4v) is 6.09. The van der Waals surface area contributed by atoms with Crippen LogP contribution in [0.5, 0.6) is 0 Å². The van der Waals surface area contributed by atoms with E-state index in [4.69, 9.17) is 4.42 Å². The summed E-state index contributed by atoms with van der Waals surface area (Å²) in [7, 11) is 0. The van der Waals surface area contributed by atoms with Gasteiger partial charge in [-0.1, -0.05) is 133 Å². The summed E-state index contributed by atoms with van der Waals surface area (Å²) in [6, 6.07) is 53.5. The third-order valence-electron chi connectivity index (χ3n) is 7.83. The summed E-state index contributed by atoms with van der Waals surface area (Å²) in [4.78, 5) is 0. The van der Waals surface area contributed by atoms with Crippen molar-refractivity contribution in [2.45, 2.75) is 0 Å². The Labute approximate surface area is 232 Å². The number of rotatable bonds is 4. The number of furan rings is 1. The molecule has 0 bridgehead atoms. The molecule has 0 radical (unpaired) electrons. The highest BCUT2D eigenvalue weighted by Crippen LogP contribution is 2.46. The standard InChI is InChI=1S/C38H25NO/c1-3-14-26(15-4-1)28-22-13-25-35(39-33-23-11-9-18-29(33)30-19-10-12-24-34(30)39)36(28)38-32-21-8-7-20-31(32)37(40-38)27-16-5-2-6-17-27/h1-25H. The van der Waals surface area contributed by atoms with Gasteiger partial charge in [-0.15, -0.1) is 0 Å². The van der Waals surface area contributed by atoms with E-state index < -0.39 is 0 Å². The summed E-state index contributed by atoms with van der Waals surface area (Å²) in [5.74, 6) is 1.77. The van der Waals surface area contributed by atoms with Crippen molar-refractivity contribution in [3.05, 3.63) is 152 Å². The third-order valence-corrected chi connectivity index (χ3v) is 7.83. The maximum absolute atomic E-state index is 6.95. The molecule has 0 aliphatic carbocycles. The van der Waals surface area contributed by atoms with Crippen LogP contribution in [0.25, 0.3) is 72.0 Å². The minimum absolute atomic E-state index is 0.880. The van der Waals surface area contributed by atoms with Crippen LogP contribution in [0.4, 0.5) is 0 Å². The summed E-state index contributed by atoms with van der Waals surface area (Å²) < 4.78 is 9.34. The summed E-state index contributed by atoms with van der Waals surface area (Å²) in [6.07, 6.45) is 0. The van der Waals surface area contributed by atoms with Crippen molar-refractivity contribution in [1.29, 1.82) is 0 Å². The second-order valence-corrected chi connectivity index (χ2v) is 10.1. The van der Waals surface area contributed by atoms with Gasteiger partial charge in [-0.05, 0) is 29.3 Å². The average molecular weight is 512 g/mol. The molecule has 40 heavy (non-hydrogen) atoms. The third kappa shape index (κ3) is 3.43. The Hall–Kier alpha value is -5.34. The number of fused-ring (bicyclic) bond motifs is 4. The van der Waals surface area contributed by atoms with Gasteiger partial charge in [0.25, 0.3) is 0 Å². The lowest BCUT2D eigenvalue weighted by molar-refractivity contribution is 0.602. The normalized spacial score (nSPS) is 11.5. The zero-order valence-corrected chi connectivity index (χ0v) is 21.8. The van der Waals surface area contributed by atoms with Gasteiger partial charge in [0.2, 0.25) is 0 Å². The Kier molecular flexibility index (Phi) is 5.17. The Morgan fingerprint density at radius 3 is 1.50 bits per heavy atom. The van der Waals surface area contributed by atoms with Gasteiger partial charge in [0, 0.05) is 32.7 Å². The summed E-state index contributed by atoms with van der Waals surface area (Å²) >= 11 is 0. The molecule has 188 valence electrons. The zero-order chi connectivity index (χ0) is 26.5. The number of aromatic nitrogens is 1. The lowest BCUT2D eigenvalue weighted by atomic mass is 9.94. The van der Waals surface area contributed by atoms with Crippen molar-refractivity contribution in [1.82, 2.24) is 4.57 Å². The predicted octanol–water partition coefficient (Wildman–Crippen LogP) is 10.5. The molecule has 0 aliphatic heterocycles. The van der Waals surface area contributed by atoms with E-state index in [0.29, 0.717) is 0 Å². The first-order valence-corrected chi connectivity index (χ1v) is 13.6. The number of hydrogen-bond donors (Lipinski definition) is 0. The van der Waals surface area contributed by atoms with Crippen LogP contribution in [0.1, 0.15) is 0 Å². The second kappa shape index (κ2) is 9.14. The fourth-order valence-electron chi connectivity index (χ4n) is 6.09. The zero-order valence-electron chi connectivity index (χ0n) is 21.8. The molecule has 0 saturated carbocycles. The first-order chi connectivity index (χ1) is 19.9. The molecular formula is C38H25NO. The van der Waals surface area contributed by atoms with Crippen LogP contribution >= 0.6 is 0 Å². The van der Waals surface area contributed by atoms with Crippen LogP contribution in [0, 0.1) is 0 Å². The topological polar surface area (TPSA) is 18.1 Å². The van der Waals surface area contributed by atoms with Crippen molar-refractivity contribution in [3.8, 4) is 39.5 Å². The molecule has 0 atom stereocenters. The Morgan fingerprint density at radius 2 is 0.875 bits per heavy atom.